The predicted octanol–water partition coefficient (Wildman–Crippen LogP) is 3.05. The molecule has 0 aromatic heterocycles. The Morgan fingerprint density at radius 3 is 2.60 bits per heavy atom. The molecule has 0 aliphatic carbocycles. The van der Waals surface area contributed by atoms with Gasteiger partial charge in [0.25, 0.3) is 0 Å². The van der Waals surface area contributed by atoms with Crippen molar-refractivity contribution in [1.29, 1.82) is 0 Å². The molecular formula is C13H19NO. The highest BCUT2D eigenvalue weighted by molar-refractivity contribution is 5.28. The summed E-state index contributed by atoms with van der Waals surface area (Å²) in [5.74, 6) is 0.906. The molecule has 0 saturated carbocycles. The normalized spacial score (nSPS) is 12.1. The van der Waals surface area contributed by atoms with Crippen molar-refractivity contribution in [3.63, 3.8) is 0 Å². The van der Waals surface area contributed by atoms with Gasteiger partial charge in [0, 0.05) is 6.04 Å². The Balaban J connectivity index is 2.39. The lowest BCUT2D eigenvalue weighted by atomic mass is 10.1. The molecule has 2 heteroatoms. The van der Waals surface area contributed by atoms with Gasteiger partial charge >= 0.3 is 0 Å². The van der Waals surface area contributed by atoms with Crippen LogP contribution in [0.25, 0.3) is 0 Å². The number of hydrogen-bond donors (Lipinski definition) is 1. The second kappa shape index (κ2) is 6.25. The summed E-state index contributed by atoms with van der Waals surface area (Å²) in [6, 6.07) is 8.03. The van der Waals surface area contributed by atoms with E-state index >= 15 is 0 Å². The minimum absolute atomic E-state index is 0.0832. The maximum absolute atomic E-state index is 5.75. The van der Waals surface area contributed by atoms with Gasteiger partial charge in [-0.1, -0.05) is 18.2 Å². The summed E-state index contributed by atoms with van der Waals surface area (Å²) in [5.41, 5.74) is 6.88. The van der Waals surface area contributed by atoms with Crippen molar-refractivity contribution in [3.8, 4) is 5.75 Å². The van der Waals surface area contributed by atoms with Gasteiger partial charge in [-0.2, -0.15) is 0 Å². The molecule has 0 radical (unpaired) electrons. The van der Waals surface area contributed by atoms with Gasteiger partial charge in [0.2, 0.25) is 0 Å². The molecule has 1 atom stereocenters. The van der Waals surface area contributed by atoms with Gasteiger partial charge in [0.05, 0.1) is 6.61 Å². The first-order valence-electron chi connectivity index (χ1n) is 5.33. The van der Waals surface area contributed by atoms with Crippen LogP contribution in [0.3, 0.4) is 0 Å². The standard InChI is InChI=1S/C13H19NO/c1-3-4-5-10-15-13-8-6-12(7-9-13)11(2)14/h3,6-9,11H,1,4-5,10,14H2,2H3. The molecule has 0 spiro atoms. The van der Waals surface area contributed by atoms with Crippen LogP contribution < -0.4 is 10.5 Å². The van der Waals surface area contributed by atoms with Crippen molar-refractivity contribution in [1.82, 2.24) is 0 Å². The zero-order valence-electron chi connectivity index (χ0n) is 9.28. The van der Waals surface area contributed by atoms with E-state index in [1.807, 2.05) is 37.3 Å². The molecule has 1 rings (SSSR count). The van der Waals surface area contributed by atoms with Crippen LogP contribution in [0.2, 0.25) is 0 Å². The van der Waals surface area contributed by atoms with Crippen LogP contribution in [0, 0.1) is 0 Å². The smallest absolute Gasteiger partial charge is 0.119 e. The molecule has 0 fully saturated rings. The second-order valence-corrected chi connectivity index (χ2v) is 3.64. The van der Waals surface area contributed by atoms with E-state index < -0.39 is 0 Å². The molecule has 0 amide bonds. The maximum Gasteiger partial charge on any atom is 0.119 e. The number of hydrogen-bond acceptors (Lipinski definition) is 2. The number of rotatable bonds is 6. The molecule has 2 nitrogen and oxygen atoms in total. The molecule has 15 heavy (non-hydrogen) atoms. The fraction of sp³-hybridized carbons (Fsp3) is 0.385. The number of unbranched alkanes of at least 4 members (excludes halogenated alkanes) is 1. The van der Waals surface area contributed by atoms with Gasteiger partial charge in [-0.05, 0) is 37.5 Å². The van der Waals surface area contributed by atoms with E-state index in [1.165, 1.54) is 0 Å². The highest BCUT2D eigenvalue weighted by atomic mass is 16.5. The highest BCUT2D eigenvalue weighted by Crippen LogP contribution is 2.16. The Morgan fingerprint density at radius 1 is 1.40 bits per heavy atom. The highest BCUT2D eigenvalue weighted by Gasteiger charge is 1.99. The van der Waals surface area contributed by atoms with Crippen LogP contribution in [-0.2, 0) is 0 Å². The molecule has 1 unspecified atom stereocenters. The van der Waals surface area contributed by atoms with Crippen LogP contribution in [0.5, 0.6) is 5.75 Å². The van der Waals surface area contributed by atoms with Crippen molar-refractivity contribution >= 4 is 0 Å². The van der Waals surface area contributed by atoms with E-state index in [0.717, 1.165) is 30.8 Å². The lowest BCUT2D eigenvalue weighted by Crippen LogP contribution is -2.04. The number of nitrogens with two attached hydrogens (primary N) is 1. The third-order valence-electron chi connectivity index (χ3n) is 2.23. The van der Waals surface area contributed by atoms with Crippen LogP contribution >= 0.6 is 0 Å². The van der Waals surface area contributed by atoms with Gasteiger partial charge in [-0.15, -0.1) is 6.58 Å². The zero-order valence-corrected chi connectivity index (χ0v) is 9.28. The maximum atomic E-state index is 5.75. The quantitative estimate of drug-likeness (QED) is 0.572. The predicted molar refractivity (Wildman–Crippen MR) is 64.0 cm³/mol. The molecule has 1 aromatic rings. The average molecular weight is 205 g/mol. The molecule has 0 saturated heterocycles. The molecule has 0 heterocycles. The molecule has 0 aliphatic heterocycles. The molecule has 82 valence electrons. The van der Waals surface area contributed by atoms with Crippen molar-refractivity contribution in [3.05, 3.63) is 42.5 Å². The Hall–Kier alpha value is -1.28. The summed E-state index contributed by atoms with van der Waals surface area (Å²) in [5, 5.41) is 0. The summed E-state index contributed by atoms with van der Waals surface area (Å²) in [6.07, 6.45) is 3.92. The van der Waals surface area contributed by atoms with Crippen molar-refractivity contribution in [2.45, 2.75) is 25.8 Å². The minimum Gasteiger partial charge on any atom is -0.494 e. The van der Waals surface area contributed by atoms with Gasteiger partial charge in [0.15, 0.2) is 0 Å². The lowest BCUT2D eigenvalue weighted by molar-refractivity contribution is 0.312. The monoisotopic (exact) mass is 205 g/mol. The minimum atomic E-state index is 0.0832. The first kappa shape index (κ1) is 11.8. The third-order valence-corrected chi connectivity index (χ3v) is 2.23. The van der Waals surface area contributed by atoms with E-state index in [0.29, 0.717) is 0 Å². The third kappa shape index (κ3) is 4.17. The summed E-state index contributed by atoms with van der Waals surface area (Å²) < 4.78 is 5.55. The van der Waals surface area contributed by atoms with Crippen molar-refractivity contribution < 1.29 is 4.74 Å². The van der Waals surface area contributed by atoms with Crippen molar-refractivity contribution in [2.24, 2.45) is 5.73 Å². The fourth-order valence-corrected chi connectivity index (χ4v) is 1.29. The SMILES string of the molecule is C=CCCCOc1ccc(C(C)N)cc1. The topological polar surface area (TPSA) is 35.2 Å². The number of benzene rings is 1. The van der Waals surface area contributed by atoms with Crippen molar-refractivity contribution in [2.75, 3.05) is 6.61 Å². The van der Waals surface area contributed by atoms with E-state index in [9.17, 15) is 0 Å². The van der Waals surface area contributed by atoms with Crippen LogP contribution in [-0.4, -0.2) is 6.61 Å². The van der Waals surface area contributed by atoms with Gasteiger partial charge in [-0.3, -0.25) is 0 Å². The Bertz CT molecular complexity index is 290. The van der Waals surface area contributed by atoms with Gasteiger partial charge < -0.3 is 10.5 Å². The Kier molecular flexibility index (Phi) is 4.91. The van der Waals surface area contributed by atoms with E-state index in [1.54, 1.807) is 0 Å². The molecule has 0 bridgehead atoms. The Labute approximate surface area is 91.7 Å². The van der Waals surface area contributed by atoms with E-state index in [2.05, 4.69) is 6.58 Å². The molecular weight excluding hydrogens is 186 g/mol. The van der Waals surface area contributed by atoms with Crippen LogP contribution in [0.1, 0.15) is 31.4 Å². The second-order valence-electron chi connectivity index (χ2n) is 3.64. The lowest BCUT2D eigenvalue weighted by Gasteiger charge is -2.08. The average Bonchev–Trinajstić information content (AvgIpc) is 2.25. The summed E-state index contributed by atoms with van der Waals surface area (Å²) in [6.45, 7) is 6.38. The number of ether oxygens (including phenoxy) is 1. The first-order chi connectivity index (χ1) is 7.24. The number of allylic oxidation sites excluding steroid dienone is 1. The van der Waals surface area contributed by atoms with Gasteiger partial charge in [-0.25, -0.2) is 0 Å². The molecule has 0 aliphatic rings. The molecule has 1 aromatic carbocycles. The zero-order chi connectivity index (χ0) is 11.1. The van der Waals surface area contributed by atoms with E-state index in [-0.39, 0.29) is 6.04 Å². The molecule has 2 N–H and O–H groups in total. The van der Waals surface area contributed by atoms with Crippen LogP contribution in [0.4, 0.5) is 0 Å². The largest absolute Gasteiger partial charge is 0.494 e. The fourth-order valence-electron chi connectivity index (χ4n) is 1.29. The summed E-state index contributed by atoms with van der Waals surface area (Å²) in [4.78, 5) is 0. The summed E-state index contributed by atoms with van der Waals surface area (Å²) >= 11 is 0. The first-order valence-corrected chi connectivity index (χ1v) is 5.33. The van der Waals surface area contributed by atoms with Crippen LogP contribution in [0.15, 0.2) is 36.9 Å². The van der Waals surface area contributed by atoms with Gasteiger partial charge in [0.1, 0.15) is 5.75 Å². The van der Waals surface area contributed by atoms with E-state index in [4.69, 9.17) is 10.5 Å². The summed E-state index contributed by atoms with van der Waals surface area (Å²) in [7, 11) is 0. The Morgan fingerprint density at radius 2 is 2.07 bits per heavy atom.